The van der Waals surface area contributed by atoms with Crippen LogP contribution in [0.3, 0.4) is 0 Å². The van der Waals surface area contributed by atoms with Crippen molar-refractivity contribution in [1.82, 2.24) is 15.0 Å². The smallest absolute Gasteiger partial charge is 1.00 e. The first kappa shape index (κ1) is 22.9. The molecule has 1 aliphatic heterocycles. The van der Waals surface area contributed by atoms with E-state index in [1.807, 2.05) is 36.4 Å². The molecule has 0 bridgehead atoms. The van der Waals surface area contributed by atoms with Crippen LogP contribution in [0.5, 0.6) is 5.75 Å². The van der Waals surface area contributed by atoms with Crippen LogP contribution in [0, 0.1) is 5.92 Å². The average Bonchev–Trinajstić information content (AvgIpc) is 3.41. The molecule has 7 nitrogen and oxygen atoms in total. The maximum atomic E-state index is 12.7. The van der Waals surface area contributed by atoms with E-state index >= 15 is 0 Å². The minimum Gasteiger partial charge on any atom is -1.00 e. The quantitative estimate of drug-likeness (QED) is 0.555. The molecule has 1 unspecified atom stereocenters. The van der Waals surface area contributed by atoms with E-state index in [0.29, 0.717) is 36.4 Å². The van der Waals surface area contributed by atoms with Gasteiger partial charge in [0.15, 0.2) is 10.9 Å². The molecule has 3 aromatic rings. The predicted octanol–water partition coefficient (Wildman–Crippen LogP) is 0.694. The zero-order chi connectivity index (χ0) is 20.4. The summed E-state index contributed by atoms with van der Waals surface area (Å²) in [7, 11) is -1.31. The van der Waals surface area contributed by atoms with Gasteiger partial charge < -0.3 is 20.6 Å². The number of imidazole rings is 1. The van der Waals surface area contributed by atoms with E-state index in [0.717, 1.165) is 23.9 Å². The Morgan fingerprint density at radius 1 is 1.19 bits per heavy atom. The summed E-state index contributed by atoms with van der Waals surface area (Å²) >= 11 is 0. The van der Waals surface area contributed by atoms with E-state index in [1.54, 1.807) is 6.20 Å². The van der Waals surface area contributed by atoms with Gasteiger partial charge in [0.25, 0.3) is 0 Å². The van der Waals surface area contributed by atoms with E-state index in [1.165, 1.54) is 12.8 Å². The van der Waals surface area contributed by atoms with Crippen LogP contribution in [0.4, 0.5) is 0 Å². The van der Waals surface area contributed by atoms with Gasteiger partial charge in [-0.15, -0.1) is 0 Å². The van der Waals surface area contributed by atoms with Crippen LogP contribution in [0.2, 0.25) is 0 Å². The van der Waals surface area contributed by atoms with Gasteiger partial charge in [-0.05, 0) is 31.0 Å². The van der Waals surface area contributed by atoms with Crippen LogP contribution >= 0.6 is 0 Å². The van der Waals surface area contributed by atoms with Crippen LogP contribution in [-0.2, 0) is 26.0 Å². The number of para-hydroxylation sites is 2. The Kier molecular flexibility index (Phi) is 7.46. The second kappa shape index (κ2) is 10.1. The van der Waals surface area contributed by atoms with Crippen molar-refractivity contribution in [3.05, 3.63) is 48.3 Å². The Hall–Kier alpha value is -1.29. The van der Waals surface area contributed by atoms with Gasteiger partial charge in [0.05, 0.1) is 53.1 Å². The number of ether oxygens (including phenoxy) is 3. The molecule has 1 atom stereocenters. The Bertz CT molecular complexity index is 1020. The summed E-state index contributed by atoms with van der Waals surface area (Å²) in [5.41, 5.74) is 2.39. The summed E-state index contributed by atoms with van der Waals surface area (Å²) < 4.78 is 30.7. The van der Waals surface area contributed by atoms with Gasteiger partial charge in [0.2, 0.25) is 0 Å². The molecule has 31 heavy (non-hydrogen) atoms. The molecule has 0 radical (unpaired) electrons. The topological polar surface area (TPSA) is 86.3 Å². The third-order valence-corrected chi connectivity index (χ3v) is 6.85. The molecule has 2 aromatic heterocycles. The Balaban J connectivity index is 0.00000144. The summed E-state index contributed by atoms with van der Waals surface area (Å²) in [5.74, 6) is 0.858. The maximum absolute atomic E-state index is 12.7. The Labute approximate surface area is 207 Å². The number of hydrogen-bond donors (Lipinski definition) is 1. The first-order valence-electron chi connectivity index (χ1n) is 10.4. The number of nitrogens with one attached hydrogen (secondary N) is 1. The van der Waals surface area contributed by atoms with Crippen LogP contribution in [0.15, 0.2) is 47.8 Å². The third kappa shape index (κ3) is 5.38. The number of hydrogen-bond acceptors (Lipinski definition) is 6. The fourth-order valence-corrected chi connectivity index (χ4v) is 4.99. The molecule has 3 heterocycles. The van der Waals surface area contributed by atoms with Gasteiger partial charge in [-0.3, -0.25) is 9.19 Å². The monoisotopic (exact) mass is 451 g/mol. The summed E-state index contributed by atoms with van der Waals surface area (Å²) in [4.78, 5) is 11.9. The van der Waals surface area contributed by atoms with Crippen molar-refractivity contribution in [2.24, 2.45) is 5.92 Å². The molecular formula is C22H26N3NaO4S. The van der Waals surface area contributed by atoms with Crippen LogP contribution < -0.4 is 34.3 Å². The molecule has 1 saturated heterocycles. The zero-order valence-corrected chi connectivity index (χ0v) is 20.5. The van der Waals surface area contributed by atoms with Crippen molar-refractivity contribution in [2.45, 2.75) is 42.4 Å². The Morgan fingerprint density at radius 2 is 1.97 bits per heavy atom. The fourth-order valence-electron chi connectivity index (χ4n) is 4.01. The number of nitrogens with zero attached hydrogens (tertiary/aromatic N) is 2. The van der Waals surface area contributed by atoms with Crippen molar-refractivity contribution in [3.63, 3.8) is 0 Å². The SMILES string of the molecule is O=S(Cc1cc(OCC2COC3(CCCC3)OC2)ccn1)c1nc2ccccc2[nH]1.[H-].[Na+]. The zero-order valence-electron chi connectivity index (χ0n) is 18.7. The van der Waals surface area contributed by atoms with E-state index in [-0.39, 0.29) is 48.4 Å². The minimum atomic E-state index is -1.31. The van der Waals surface area contributed by atoms with E-state index in [4.69, 9.17) is 14.2 Å². The summed E-state index contributed by atoms with van der Waals surface area (Å²) in [6.07, 6.45) is 6.03. The summed E-state index contributed by atoms with van der Waals surface area (Å²) in [5, 5.41) is 0.460. The molecule has 0 amide bonds. The van der Waals surface area contributed by atoms with Crippen molar-refractivity contribution in [3.8, 4) is 5.75 Å². The molecule has 2 fully saturated rings. The molecular weight excluding hydrogens is 425 g/mol. The van der Waals surface area contributed by atoms with Gasteiger partial charge in [0.1, 0.15) is 5.75 Å². The van der Waals surface area contributed by atoms with Crippen LogP contribution in [-0.4, -0.2) is 44.8 Å². The standard InChI is InChI=1S/C22H25N3O4S.Na.H/c26-30(21-24-19-5-1-2-6-20(19)25-21)15-17-11-18(7-10-23-17)27-12-16-13-28-22(29-14-16)8-3-4-9-22;;/h1-2,5-7,10-11,16H,3-4,8-9,12-15H2,(H,24,25);;/q;+1;-1. The van der Waals surface area contributed by atoms with Crippen LogP contribution in [0.25, 0.3) is 11.0 Å². The van der Waals surface area contributed by atoms with Gasteiger partial charge in [-0.2, -0.15) is 0 Å². The Morgan fingerprint density at radius 3 is 2.74 bits per heavy atom. The van der Waals surface area contributed by atoms with Gasteiger partial charge in [-0.1, -0.05) is 12.1 Å². The average molecular weight is 452 g/mol. The second-order valence-electron chi connectivity index (χ2n) is 7.95. The fraction of sp³-hybridized carbons (Fsp3) is 0.455. The van der Waals surface area contributed by atoms with E-state index in [2.05, 4.69) is 15.0 Å². The van der Waals surface area contributed by atoms with E-state index in [9.17, 15) is 4.21 Å². The summed E-state index contributed by atoms with van der Waals surface area (Å²) in [6.45, 7) is 1.84. The minimum absolute atomic E-state index is 0. The second-order valence-corrected chi connectivity index (χ2v) is 9.32. The van der Waals surface area contributed by atoms with Crippen LogP contribution in [0.1, 0.15) is 32.8 Å². The first-order valence-corrected chi connectivity index (χ1v) is 11.7. The van der Waals surface area contributed by atoms with Gasteiger partial charge in [-0.25, -0.2) is 4.98 Å². The number of aromatic amines is 1. The molecule has 5 rings (SSSR count). The molecule has 1 aromatic carbocycles. The first-order chi connectivity index (χ1) is 14.7. The van der Waals surface area contributed by atoms with Crippen molar-refractivity contribution in [2.75, 3.05) is 19.8 Å². The molecule has 1 saturated carbocycles. The predicted molar refractivity (Wildman–Crippen MR) is 114 cm³/mol. The number of fused-ring (bicyclic) bond motifs is 1. The van der Waals surface area contributed by atoms with Gasteiger partial charge in [0, 0.05) is 31.0 Å². The number of rotatable bonds is 6. The van der Waals surface area contributed by atoms with Crippen molar-refractivity contribution < 1.29 is 49.4 Å². The molecule has 1 aliphatic carbocycles. The molecule has 1 N–H and O–H groups in total. The van der Waals surface area contributed by atoms with Gasteiger partial charge >= 0.3 is 29.6 Å². The molecule has 2 aliphatic rings. The third-order valence-electron chi connectivity index (χ3n) is 5.67. The molecule has 9 heteroatoms. The number of benzene rings is 1. The number of pyridine rings is 1. The normalized spacial score (nSPS) is 19.4. The summed E-state index contributed by atoms with van der Waals surface area (Å²) in [6, 6.07) is 11.3. The number of H-pyrrole nitrogens is 1. The maximum Gasteiger partial charge on any atom is 1.00 e. The van der Waals surface area contributed by atoms with Crippen molar-refractivity contribution in [1.29, 1.82) is 0 Å². The molecule has 160 valence electrons. The number of aromatic nitrogens is 3. The van der Waals surface area contributed by atoms with E-state index < -0.39 is 10.8 Å². The van der Waals surface area contributed by atoms with Crippen molar-refractivity contribution >= 4 is 21.8 Å². The largest absolute Gasteiger partial charge is 1.00 e. The molecule has 1 spiro atoms.